The lowest BCUT2D eigenvalue weighted by atomic mass is 9.94. The van der Waals surface area contributed by atoms with Gasteiger partial charge < -0.3 is 4.74 Å². The Bertz CT molecular complexity index is 302. The van der Waals surface area contributed by atoms with Crippen LogP contribution < -0.4 is 5.32 Å². The number of alkyl carbamates (subject to hydrolysis) is 1. The summed E-state index contributed by atoms with van der Waals surface area (Å²) in [7, 11) is 0. The lowest BCUT2D eigenvalue weighted by Gasteiger charge is -2.21. The average molecular weight is 225 g/mol. The molecule has 0 heterocycles. The molecule has 0 aromatic rings. The van der Waals surface area contributed by atoms with E-state index in [1.807, 2.05) is 6.08 Å². The Hall–Kier alpha value is -1.32. The zero-order valence-electron chi connectivity index (χ0n) is 10.1. The molecule has 0 unspecified atom stereocenters. The third-order valence-corrected chi connectivity index (χ3v) is 2.26. The Kier molecular flexibility index (Phi) is 4.10. The lowest BCUT2D eigenvalue weighted by molar-refractivity contribution is -0.124. The second-order valence-electron chi connectivity index (χ2n) is 4.97. The van der Waals surface area contributed by atoms with Crippen LogP contribution in [-0.4, -0.2) is 17.6 Å². The largest absolute Gasteiger partial charge is 0.444 e. The summed E-state index contributed by atoms with van der Waals surface area (Å²) >= 11 is 0. The van der Waals surface area contributed by atoms with Gasteiger partial charge in [-0.1, -0.05) is 12.2 Å². The Morgan fingerprint density at radius 2 is 2.00 bits per heavy atom. The second-order valence-corrected chi connectivity index (χ2v) is 4.97. The summed E-state index contributed by atoms with van der Waals surface area (Å²) in [6.07, 6.45) is 5.76. The van der Waals surface area contributed by atoms with Crippen molar-refractivity contribution in [2.45, 2.75) is 45.6 Å². The minimum Gasteiger partial charge on any atom is -0.444 e. The van der Waals surface area contributed by atoms with Crippen molar-refractivity contribution in [1.29, 1.82) is 0 Å². The highest BCUT2D eigenvalue weighted by Gasteiger charge is 2.23. The van der Waals surface area contributed by atoms with Crippen LogP contribution in [0.4, 0.5) is 4.79 Å². The highest BCUT2D eigenvalue weighted by atomic mass is 16.6. The summed E-state index contributed by atoms with van der Waals surface area (Å²) in [6.45, 7) is 5.29. The van der Waals surface area contributed by atoms with Crippen LogP contribution in [0.15, 0.2) is 12.2 Å². The van der Waals surface area contributed by atoms with Crippen LogP contribution in [0.5, 0.6) is 0 Å². The van der Waals surface area contributed by atoms with Gasteiger partial charge in [0, 0.05) is 5.92 Å². The summed E-state index contributed by atoms with van der Waals surface area (Å²) in [4.78, 5) is 23.0. The first-order chi connectivity index (χ1) is 7.38. The number of hydrogen-bond donors (Lipinski definition) is 1. The fraction of sp³-hybridized carbons (Fsp3) is 0.667. The smallest absolute Gasteiger partial charge is 0.414 e. The first kappa shape index (κ1) is 12.7. The Morgan fingerprint density at radius 3 is 2.50 bits per heavy atom. The van der Waals surface area contributed by atoms with E-state index in [2.05, 4.69) is 11.4 Å². The fourth-order valence-corrected chi connectivity index (χ4v) is 1.54. The van der Waals surface area contributed by atoms with Crippen LogP contribution >= 0.6 is 0 Å². The zero-order chi connectivity index (χ0) is 12.2. The van der Waals surface area contributed by atoms with Gasteiger partial charge in [0.2, 0.25) is 5.91 Å². The predicted octanol–water partition coefficient (Wildman–Crippen LogP) is 2.39. The third kappa shape index (κ3) is 4.47. The van der Waals surface area contributed by atoms with Gasteiger partial charge in [-0.2, -0.15) is 0 Å². The molecule has 0 saturated heterocycles. The molecule has 16 heavy (non-hydrogen) atoms. The van der Waals surface area contributed by atoms with Crippen molar-refractivity contribution in [3.8, 4) is 0 Å². The molecule has 0 fully saturated rings. The van der Waals surface area contributed by atoms with Gasteiger partial charge in [-0.25, -0.2) is 4.79 Å². The number of carbonyl (C=O) groups is 2. The number of nitrogens with one attached hydrogen (secondary N) is 1. The number of hydrogen-bond acceptors (Lipinski definition) is 3. The third-order valence-electron chi connectivity index (χ3n) is 2.26. The number of imide groups is 1. The Labute approximate surface area is 96.0 Å². The summed E-state index contributed by atoms with van der Waals surface area (Å²) in [6, 6.07) is 0. The molecule has 1 aliphatic carbocycles. The molecule has 0 bridgehead atoms. The highest BCUT2D eigenvalue weighted by Crippen LogP contribution is 2.18. The summed E-state index contributed by atoms with van der Waals surface area (Å²) < 4.78 is 5.01. The van der Waals surface area contributed by atoms with Gasteiger partial charge >= 0.3 is 6.09 Å². The first-order valence-corrected chi connectivity index (χ1v) is 5.57. The van der Waals surface area contributed by atoms with Gasteiger partial charge in [0.05, 0.1) is 0 Å². The van der Waals surface area contributed by atoms with Crippen LogP contribution in [0.25, 0.3) is 0 Å². The fourth-order valence-electron chi connectivity index (χ4n) is 1.54. The molecule has 2 amide bonds. The maximum Gasteiger partial charge on any atom is 0.414 e. The standard InChI is InChI=1S/C12H19NO3/c1-12(2,3)16-11(15)13-10(14)9-7-5-4-6-8-9/h4-5,9H,6-8H2,1-3H3,(H,13,14,15)/t9-/m1/s1. The molecular weight excluding hydrogens is 206 g/mol. The molecule has 1 aliphatic rings. The Morgan fingerprint density at radius 1 is 1.31 bits per heavy atom. The highest BCUT2D eigenvalue weighted by molar-refractivity contribution is 5.93. The van der Waals surface area contributed by atoms with Crippen LogP contribution in [0.1, 0.15) is 40.0 Å². The van der Waals surface area contributed by atoms with Gasteiger partial charge in [0.25, 0.3) is 0 Å². The number of amides is 2. The van der Waals surface area contributed by atoms with Crippen molar-refractivity contribution in [2.24, 2.45) is 5.92 Å². The molecule has 1 rings (SSSR count). The molecule has 4 nitrogen and oxygen atoms in total. The minimum atomic E-state index is -0.660. The van der Waals surface area contributed by atoms with Gasteiger partial charge in [-0.3, -0.25) is 10.1 Å². The monoisotopic (exact) mass is 225 g/mol. The lowest BCUT2D eigenvalue weighted by Crippen LogP contribution is -2.39. The van der Waals surface area contributed by atoms with E-state index in [4.69, 9.17) is 4.74 Å². The molecule has 0 saturated carbocycles. The van der Waals surface area contributed by atoms with Gasteiger partial charge in [-0.05, 0) is 40.0 Å². The van der Waals surface area contributed by atoms with Crippen LogP contribution in [0.3, 0.4) is 0 Å². The average Bonchev–Trinajstić information content (AvgIpc) is 2.16. The van der Waals surface area contributed by atoms with E-state index < -0.39 is 11.7 Å². The van der Waals surface area contributed by atoms with Crippen LogP contribution in [0.2, 0.25) is 0 Å². The van der Waals surface area contributed by atoms with Gasteiger partial charge in [-0.15, -0.1) is 0 Å². The van der Waals surface area contributed by atoms with E-state index in [0.29, 0.717) is 6.42 Å². The van der Waals surface area contributed by atoms with Crippen LogP contribution in [0, 0.1) is 5.92 Å². The molecule has 1 atom stereocenters. The zero-order valence-corrected chi connectivity index (χ0v) is 10.1. The maximum atomic E-state index is 11.6. The van der Waals surface area contributed by atoms with Crippen molar-refractivity contribution in [3.63, 3.8) is 0 Å². The summed E-state index contributed by atoms with van der Waals surface area (Å²) in [5.41, 5.74) is -0.573. The topological polar surface area (TPSA) is 55.4 Å². The first-order valence-electron chi connectivity index (χ1n) is 5.57. The van der Waals surface area contributed by atoms with E-state index >= 15 is 0 Å². The normalized spacial score (nSPS) is 20.3. The molecule has 4 heteroatoms. The van der Waals surface area contributed by atoms with Gasteiger partial charge in [0.1, 0.15) is 5.60 Å². The number of ether oxygens (including phenoxy) is 1. The Balaban J connectivity index is 2.39. The van der Waals surface area contributed by atoms with E-state index in [0.717, 1.165) is 12.8 Å². The molecule has 1 N–H and O–H groups in total. The van der Waals surface area contributed by atoms with E-state index in [1.165, 1.54) is 0 Å². The molecule has 90 valence electrons. The van der Waals surface area contributed by atoms with Crippen molar-refractivity contribution in [2.75, 3.05) is 0 Å². The summed E-state index contributed by atoms with van der Waals surface area (Å²) in [5.74, 6) is -0.337. The van der Waals surface area contributed by atoms with E-state index in [1.54, 1.807) is 20.8 Å². The number of rotatable bonds is 1. The maximum absolute atomic E-state index is 11.6. The molecule has 0 aliphatic heterocycles. The minimum absolute atomic E-state index is 0.0995. The SMILES string of the molecule is CC(C)(C)OC(=O)NC(=O)[C@@H]1CC=CCC1. The van der Waals surface area contributed by atoms with Crippen molar-refractivity contribution in [3.05, 3.63) is 12.2 Å². The quantitative estimate of drug-likeness (QED) is 0.697. The molecule has 0 aromatic carbocycles. The van der Waals surface area contributed by atoms with Crippen molar-refractivity contribution >= 4 is 12.0 Å². The molecule has 0 spiro atoms. The predicted molar refractivity (Wildman–Crippen MR) is 60.9 cm³/mol. The van der Waals surface area contributed by atoms with E-state index in [-0.39, 0.29) is 11.8 Å². The molecule has 0 radical (unpaired) electrons. The van der Waals surface area contributed by atoms with Gasteiger partial charge in [0.15, 0.2) is 0 Å². The van der Waals surface area contributed by atoms with Crippen molar-refractivity contribution < 1.29 is 14.3 Å². The number of allylic oxidation sites excluding steroid dienone is 2. The molecule has 0 aromatic heterocycles. The molecular formula is C12H19NO3. The van der Waals surface area contributed by atoms with E-state index in [9.17, 15) is 9.59 Å². The summed E-state index contributed by atoms with van der Waals surface area (Å²) in [5, 5.41) is 2.27. The second kappa shape index (κ2) is 5.14. The van der Waals surface area contributed by atoms with Crippen molar-refractivity contribution in [1.82, 2.24) is 5.32 Å². The van der Waals surface area contributed by atoms with Crippen LogP contribution in [-0.2, 0) is 9.53 Å². The number of carbonyl (C=O) groups excluding carboxylic acids is 2.